The second-order valence-corrected chi connectivity index (χ2v) is 6.30. The van der Waals surface area contributed by atoms with E-state index < -0.39 is 0 Å². The molecule has 24 heavy (non-hydrogen) atoms. The van der Waals surface area contributed by atoms with Gasteiger partial charge in [-0.05, 0) is 37.1 Å². The molecule has 5 nitrogen and oxygen atoms in total. The number of pyridine rings is 2. The third-order valence-corrected chi connectivity index (χ3v) is 4.16. The Hall–Kier alpha value is -2.50. The standard InChI is InChI=1S/C18H21FN4O/c1-12(2)18(24)23-9-3-4-16(23)15-7-6-14(11-20-15)22-17-8-5-13(19)10-21-17/h5-8,10-12,16H,3-4,9H2,1-2H3,(H,21,22)/t16-/m1/s1. The SMILES string of the molecule is CC(C)C(=O)N1CCC[C@@H]1c1ccc(Nc2ccc(F)cn2)cn1. The number of nitrogens with zero attached hydrogens (tertiary/aromatic N) is 3. The lowest BCUT2D eigenvalue weighted by molar-refractivity contribution is -0.135. The Balaban J connectivity index is 1.72. The van der Waals surface area contributed by atoms with Crippen molar-refractivity contribution >= 4 is 17.4 Å². The van der Waals surface area contributed by atoms with Crippen LogP contribution in [0.2, 0.25) is 0 Å². The average Bonchev–Trinajstić information content (AvgIpc) is 3.06. The second-order valence-electron chi connectivity index (χ2n) is 6.30. The molecule has 3 rings (SSSR count). The summed E-state index contributed by atoms with van der Waals surface area (Å²) in [5.74, 6) is 0.363. The van der Waals surface area contributed by atoms with Crippen LogP contribution < -0.4 is 5.32 Å². The quantitative estimate of drug-likeness (QED) is 0.930. The molecule has 1 saturated heterocycles. The summed E-state index contributed by atoms with van der Waals surface area (Å²) in [5.41, 5.74) is 1.68. The molecule has 0 spiro atoms. The van der Waals surface area contributed by atoms with Gasteiger partial charge in [0.15, 0.2) is 0 Å². The van der Waals surface area contributed by atoms with E-state index in [0.29, 0.717) is 5.82 Å². The summed E-state index contributed by atoms with van der Waals surface area (Å²) in [7, 11) is 0. The van der Waals surface area contributed by atoms with Gasteiger partial charge in [0.25, 0.3) is 0 Å². The van der Waals surface area contributed by atoms with Gasteiger partial charge in [-0.15, -0.1) is 0 Å². The molecule has 0 aromatic carbocycles. The Morgan fingerprint density at radius 2 is 2.08 bits per heavy atom. The highest BCUT2D eigenvalue weighted by molar-refractivity contribution is 5.78. The van der Waals surface area contributed by atoms with Crippen LogP contribution in [0.5, 0.6) is 0 Å². The van der Waals surface area contributed by atoms with E-state index in [1.165, 1.54) is 6.07 Å². The minimum atomic E-state index is -0.370. The molecule has 0 bridgehead atoms. The molecule has 126 valence electrons. The lowest BCUT2D eigenvalue weighted by Crippen LogP contribution is -2.34. The summed E-state index contributed by atoms with van der Waals surface area (Å²) in [6, 6.07) is 6.82. The van der Waals surface area contributed by atoms with Gasteiger partial charge in [-0.2, -0.15) is 0 Å². The van der Waals surface area contributed by atoms with E-state index in [-0.39, 0.29) is 23.7 Å². The van der Waals surface area contributed by atoms with Crippen LogP contribution in [0, 0.1) is 11.7 Å². The van der Waals surface area contributed by atoms with Crippen molar-refractivity contribution in [3.05, 3.63) is 48.2 Å². The van der Waals surface area contributed by atoms with Crippen molar-refractivity contribution in [2.45, 2.75) is 32.7 Å². The number of carbonyl (C=O) groups is 1. The molecule has 0 radical (unpaired) electrons. The predicted octanol–water partition coefficient (Wildman–Crippen LogP) is 3.68. The first-order valence-electron chi connectivity index (χ1n) is 8.19. The fourth-order valence-corrected chi connectivity index (χ4v) is 2.94. The van der Waals surface area contributed by atoms with E-state index in [9.17, 15) is 9.18 Å². The zero-order valence-corrected chi connectivity index (χ0v) is 13.9. The zero-order chi connectivity index (χ0) is 17.1. The summed E-state index contributed by atoms with van der Waals surface area (Å²) in [5, 5.41) is 3.08. The predicted molar refractivity (Wildman–Crippen MR) is 90.2 cm³/mol. The van der Waals surface area contributed by atoms with E-state index >= 15 is 0 Å². The lowest BCUT2D eigenvalue weighted by Gasteiger charge is -2.26. The van der Waals surface area contributed by atoms with Gasteiger partial charge in [0, 0.05) is 12.5 Å². The van der Waals surface area contributed by atoms with E-state index in [2.05, 4.69) is 15.3 Å². The van der Waals surface area contributed by atoms with Gasteiger partial charge in [0.05, 0.1) is 29.8 Å². The maximum absolute atomic E-state index is 12.9. The largest absolute Gasteiger partial charge is 0.339 e. The van der Waals surface area contributed by atoms with E-state index in [1.807, 2.05) is 30.9 Å². The number of hydrogen-bond donors (Lipinski definition) is 1. The maximum atomic E-state index is 12.9. The second kappa shape index (κ2) is 6.95. The molecular formula is C18H21FN4O. The number of rotatable bonds is 4. The van der Waals surface area contributed by atoms with Gasteiger partial charge in [-0.1, -0.05) is 13.8 Å². The normalized spacial score (nSPS) is 17.3. The Kier molecular flexibility index (Phi) is 4.74. The Labute approximate surface area is 140 Å². The van der Waals surface area contributed by atoms with Crippen molar-refractivity contribution < 1.29 is 9.18 Å². The Morgan fingerprint density at radius 3 is 2.71 bits per heavy atom. The molecule has 1 atom stereocenters. The zero-order valence-electron chi connectivity index (χ0n) is 13.9. The molecule has 1 N–H and O–H groups in total. The number of anilines is 2. The van der Waals surface area contributed by atoms with Crippen molar-refractivity contribution in [2.24, 2.45) is 5.92 Å². The molecule has 1 aliphatic heterocycles. The Bertz CT molecular complexity index is 700. The van der Waals surface area contributed by atoms with Crippen LogP contribution >= 0.6 is 0 Å². The first kappa shape index (κ1) is 16.4. The third kappa shape index (κ3) is 3.53. The van der Waals surface area contributed by atoms with Gasteiger partial charge >= 0.3 is 0 Å². The highest BCUT2D eigenvalue weighted by Gasteiger charge is 2.31. The first-order valence-corrected chi connectivity index (χ1v) is 8.19. The number of carbonyl (C=O) groups excluding carboxylic acids is 1. The third-order valence-electron chi connectivity index (χ3n) is 4.16. The van der Waals surface area contributed by atoms with Crippen LogP contribution in [0.4, 0.5) is 15.9 Å². The summed E-state index contributed by atoms with van der Waals surface area (Å²) >= 11 is 0. The summed E-state index contributed by atoms with van der Waals surface area (Å²) < 4.78 is 12.9. The van der Waals surface area contributed by atoms with Crippen LogP contribution in [0.15, 0.2) is 36.7 Å². The molecule has 1 aliphatic rings. The van der Waals surface area contributed by atoms with Crippen LogP contribution in [-0.4, -0.2) is 27.3 Å². The fraction of sp³-hybridized carbons (Fsp3) is 0.389. The van der Waals surface area contributed by atoms with Crippen molar-refractivity contribution in [1.82, 2.24) is 14.9 Å². The molecule has 1 fully saturated rings. The van der Waals surface area contributed by atoms with Gasteiger partial charge in [0.2, 0.25) is 5.91 Å². The molecule has 0 aliphatic carbocycles. The van der Waals surface area contributed by atoms with Crippen LogP contribution in [0.3, 0.4) is 0 Å². The minimum Gasteiger partial charge on any atom is -0.339 e. The van der Waals surface area contributed by atoms with Crippen molar-refractivity contribution in [1.29, 1.82) is 0 Å². The van der Waals surface area contributed by atoms with Crippen molar-refractivity contribution in [3.63, 3.8) is 0 Å². The maximum Gasteiger partial charge on any atom is 0.225 e. The number of aromatic nitrogens is 2. The molecule has 1 amide bonds. The molecule has 0 saturated carbocycles. The smallest absolute Gasteiger partial charge is 0.225 e. The van der Waals surface area contributed by atoms with Crippen LogP contribution in [-0.2, 0) is 4.79 Å². The summed E-state index contributed by atoms with van der Waals surface area (Å²) in [6.07, 6.45) is 4.83. The highest BCUT2D eigenvalue weighted by Crippen LogP contribution is 2.32. The molecule has 3 heterocycles. The molecule has 0 unspecified atom stereocenters. The number of likely N-dealkylation sites (tertiary alicyclic amines) is 1. The number of nitrogens with one attached hydrogen (secondary N) is 1. The molecule has 2 aromatic heterocycles. The number of amides is 1. The molecule has 2 aromatic rings. The highest BCUT2D eigenvalue weighted by atomic mass is 19.1. The van der Waals surface area contributed by atoms with E-state index in [1.54, 1.807) is 12.3 Å². The average molecular weight is 328 g/mol. The fourth-order valence-electron chi connectivity index (χ4n) is 2.94. The molecular weight excluding hydrogens is 307 g/mol. The van der Waals surface area contributed by atoms with Crippen LogP contribution in [0.1, 0.15) is 38.4 Å². The first-order chi connectivity index (χ1) is 11.5. The minimum absolute atomic E-state index is 0.00362. The topological polar surface area (TPSA) is 58.1 Å². The van der Waals surface area contributed by atoms with Gasteiger partial charge in [0.1, 0.15) is 11.6 Å². The van der Waals surface area contributed by atoms with Gasteiger partial charge < -0.3 is 10.2 Å². The number of hydrogen-bond acceptors (Lipinski definition) is 4. The lowest BCUT2D eigenvalue weighted by atomic mass is 10.1. The van der Waals surface area contributed by atoms with Gasteiger partial charge in [-0.3, -0.25) is 9.78 Å². The van der Waals surface area contributed by atoms with Crippen molar-refractivity contribution in [2.75, 3.05) is 11.9 Å². The Morgan fingerprint density at radius 1 is 1.25 bits per heavy atom. The van der Waals surface area contributed by atoms with E-state index in [4.69, 9.17) is 0 Å². The monoisotopic (exact) mass is 328 g/mol. The number of halogens is 1. The van der Waals surface area contributed by atoms with Gasteiger partial charge in [-0.25, -0.2) is 9.37 Å². The van der Waals surface area contributed by atoms with Crippen LogP contribution in [0.25, 0.3) is 0 Å². The van der Waals surface area contributed by atoms with E-state index in [0.717, 1.165) is 37.0 Å². The summed E-state index contributed by atoms with van der Waals surface area (Å²) in [6.45, 7) is 4.64. The molecule has 6 heteroatoms. The van der Waals surface area contributed by atoms with Crippen molar-refractivity contribution in [3.8, 4) is 0 Å². The summed E-state index contributed by atoms with van der Waals surface area (Å²) in [4.78, 5) is 22.7.